The number of carboxylic acid groups (broad SMARTS) is 1. The third kappa shape index (κ3) is 3.46. The molecule has 1 unspecified atom stereocenters. The Hall–Kier alpha value is -1.79. The molecule has 1 saturated heterocycles. The number of methoxy groups -OCH3 is 1. The second-order valence-electron chi connectivity index (χ2n) is 4.83. The summed E-state index contributed by atoms with van der Waals surface area (Å²) in [5.41, 5.74) is 0.398. The molecule has 6 nitrogen and oxygen atoms in total. The predicted molar refractivity (Wildman–Crippen MR) is 75.9 cm³/mol. The normalized spacial score (nSPS) is 22.0. The number of hydrogen-bond donors (Lipinski definition) is 1. The van der Waals surface area contributed by atoms with E-state index in [1.54, 1.807) is 25.1 Å². The van der Waals surface area contributed by atoms with Crippen LogP contribution in [0.5, 0.6) is 5.75 Å². The van der Waals surface area contributed by atoms with Gasteiger partial charge >= 0.3 is 5.97 Å². The first-order valence-corrected chi connectivity index (χ1v) is 6.81. The monoisotopic (exact) mass is 313 g/mol. The lowest BCUT2D eigenvalue weighted by atomic mass is 10.1. The van der Waals surface area contributed by atoms with Gasteiger partial charge in [-0.15, -0.1) is 0 Å². The largest absolute Gasteiger partial charge is 0.495 e. The van der Waals surface area contributed by atoms with Crippen LogP contribution in [-0.2, 0) is 9.53 Å². The van der Waals surface area contributed by atoms with Crippen LogP contribution in [0.3, 0.4) is 0 Å². The SMILES string of the molecule is COc1cc(C(=O)N2CC(C(=O)O)O[C@H](C)C2)ccc1Cl. The van der Waals surface area contributed by atoms with Gasteiger partial charge in [-0.25, -0.2) is 4.79 Å². The van der Waals surface area contributed by atoms with Gasteiger partial charge in [0.05, 0.1) is 24.8 Å². The lowest BCUT2D eigenvalue weighted by Gasteiger charge is -2.35. The highest BCUT2D eigenvalue weighted by Crippen LogP contribution is 2.26. The number of aliphatic carboxylic acids is 1. The van der Waals surface area contributed by atoms with Gasteiger partial charge in [0.2, 0.25) is 0 Å². The minimum absolute atomic E-state index is 0.0173. The van der Waals surface area contributed by atoms with E-state index in [0.29, 0.717) is 22.9 Å². The molecule has 0 spiro atoms. The average molecular weight is 314 g/mol. The van der Waals surface area contributed by atoms with Crippen LogP contribution in [0.25, 0.3) is 0 Å². The number of morpholine rings is 1. The van der Waals surface area contributed by atoms with Crippen LogP contribution in [0.15, 0.2) is 18.2 Å². The maximum absolute atomic E-state index is 12.5. The minimum Gasteiger partial charge on any atom is -0.495 e. The molecule has 1 aliphatic rings. The van der Waals surface area contributed by atoms with E-state index in [2.05, 4.69) is 0 Å². The molecule has 0 aliphatic carbocycles. The van der Waals surface area contributed by atoms with E-state index < -0.39 is 12.1 Å². The second kappa shape index (κ2) is 6.32. The fraction of sp³-hybridized carbons (Fsp3) is 0.429. The van der Waals surface area contributed by atoms with E-state index in [1.165, 1.54) is 12.0 Å². The Morgan fingerprint density at radius 1 is 1.43 bits per heavy atom. The molecule has 1 aromatic rings. The van der Waals surface area contributed by atoms with Crippen LogP contribution in [0, 0.1) is 0 Å². The molecule has 1 aliphatic heterocycles. The molecule has 114 valence electrons. The predicted octanol–water partition coefficient (Wildman–Crippen LogP) is 1.66. The maximum Gasteiger partial charge on any atom is 0.334 e. The number of benzene rings is 1. The number of carboxylic acids is 1. The highest BCUT2D eigenvalue weighted by molar-refractivity contribution is 6.32. The van der Waals surface area contributed by atoms with Crippen molar-refractivity contribution in [2.75, 3.05) is 20.2 Å². The fourth-order valence-electron chi connectivity index (χ4n) is 2.23. The third-order valence-corrected chi connectivity index (χ3v) is 3.53. The van der Waals surface area contributed by atoms with Crippen molar-refractivity contribution in [2.45, 2.75) is 19.1 Å². The molecule has 1 aromatic carbocycles. The van der Waals surface area contributed by atoms with Gasteiger partial charge in [0, 0.05) is 12.1 Å². The van der Waals surface area contributed by atoms with Crippen LogP contribution in [0.1, 0.15) is 17.3 Å². The Morgan fingerprint density at radius 3 is 2.76 bits per heavy atom. The molecule has 0 bridgehead atoms. The summed E-state index contributed by atoms with van der Waals surface area (Å²) in [5.74, 6) is -0.946. The van der Waals surface area contributed by atoms with Crippen molar-refractivity contribution in [1.82, 2.24) is 4.90 Å². The lowest BCUT2D eigenvalue weighted by Crippen LogP contribution is -2.51. The molecule has 1 amide bonds. The Balaban J connectivity index is 2.20. The van der Waals surface area contributed by atoms with Crippen molar-refractivity contribution in [2.24, 2.45) is 0 Å². The number of rotatable bonds is 3. The first kappa shape index (κ1) is 15.6. The molecule has 1 heterocycles. The molecule has 0 aromatic heterocycles. The molecular weight excluding hydrogens is 298 g/mol. The number of halogens is 1. The zero-order valence-corrected chi connectivity index (χ0v) is 12.5. The summed E-state index contributed by atoms with van der Waals surface area (Å²) in [6.45, 7) is 2.09. The summed E-state index contributed by atoms with van der Waals surface area (Å²) in [7, 11) is 1.47. The van der Waals surface area contributed by atoms with Gasteiger partial charge in [-0.2, -0.15) is 0 Å². The van der Waals surface area contributed by atoms with E-state index in [-0.39, 0.29) is 18.6 Å². The molecular formula is C14H16ClNO5. The topological polar surface area (TPSA) is 76.1 Å². The third-order valence-electron chi connectivity index (χ3n) is 3.22. The van der Waals surface area contributed by atoms with Crippen molar-refractivity contribution < 1.29 is 24.2 Å². The van der Waals surface area contributed by atoms with Crippen LogP contribution in [-0.4, -0.2) is 54.3 Å². The summed E-state index contributed by atoms with van der Waals surface area (Å²) < 4.78 is 10.4. The minimum atomic E-state index is -1.08. The van der Waals surface area contributed by atoms with Crippen molar-refractivity contribution >= 4 is 23.5 Å². The fourth-order valence-corrected chi connectivity index (χ4v) is 2.42. The van der Waals surface area contributed by atoms with Gasteiger partial charge in [-0.05, 0) is 25.1 Å². The van der Waals surface area contributed by atoms with Crippen LogP contribution < -0.4 is 4.74 Å². The number of hydrogen-bond acceptors (Lipinski definition) is 4. The van der Waals surface area contributed by atoms with Crippen LogP contribution in [0.2, 0.25) is 5.02 Å². The average Bonchev–Trinajstić information content (AvgIpc) is 2.46. The number of nitrogens with zero attached hydrogens (tertiary/aromatic N) is 1. The quantitative estimate of drug-likeness (QED) is 0.918. The molecule has 2 rings (SSSR count). The van der Waals surface area contributed by atoms with Gasteiger partial charge in [0.1, 0.15) is 5.75 Å². The Bertz CT molecular complexity index is 562. The van der Waals surface area contributed by atoms with E-state index in [4.69, 9.17) is 26.2 Å². The Labute approximate surface area is 127 Å². The van der Waals surface area contributed by atoms with Gasteiger partial charge < -0.3 is 19.5 Å². The van der Waals surface area contributed by atoms with Gasteiger partial charge in [-0.3, -0.25) is 4.79 Å². The summed E-state index contributed by atoms with van der Waals surface area (Å²) >= 11 is 5.93. The van der Waals surface area contributed by atoms with E-state index >= 15 is 0 Å². The first-order valence-electron chi connectivity index (χ1n) is 6.43. The van der Waals surface area contributed by atoms with Crippen molar-refractivity contribution in [1.29, 1.82) is 0 Å². The lowest BCUT2D eigenvalue weighted by molar-refractivity contribution is -0.160. The number of carbonyl (C=O) groups is 2. The zero-order chi connectivity index (χ0) is 15.6. The van der Waals surface area contributed by atoms with Gasteiger partial charge in [0.15, 0.2) is 6.10 Å². The Kier molecular flexibility index (Phi) is 4.69. The van der Waals surface area contributed by atoms with Crippen LogP contribution in [0.4, 0.5) is 0 Å². The summed E-state index contributed by atoms with van der Waals surface area (Å²) in [4.78, 5) is 25.0. The van der Waals surface area contributed by atoms with Crippen molar-refractivity contribution in [3.63, 3.8) is 0 Å². The Morgan fingerprint density at radius 2 is 2.14 bits per heavy atom. The number of ether oxygens (including phenoxy) is 2. The maximum atomic E-state index is 12.5. The first-order chi connectivity index (χ1) is 9.92. The number of carbonyl (C=O) groups excluding carboxylic acids is 1. The van der Waals surface area contributed by atoms with Gasteiger partial charge in [0.25, 0.3) is 5.91 Å². The summed E-state index contributed by atoms with van der Waals surface area (Å²) in [5, 5.41) is 9.45. The van der Waals surface area contributed by atoms with Gasteiger partial charge in [-0.1, -0.05) is 11.6 Å². The number of amides is 1. The summed E-state index contributed by atoms with van der Waals surface area (Å²) in [6, 6.07) is 4.70. The van der Waals surface area contributed by atoms with E-state index in [0.717, 1.165) is 0 Å². The summed E-state index contributed by atoms with van der Waals surface area (Å²) in [6.07, 6.45) is -1.34. The molecule has 0 radical (unpaired) electrons. The standard InChI is InChI=1S/C14H16ClNO5/c1-8-6-16(7-12(21-8)14(18)19)13(17)9-3-4-10(15)11(5-9)20-2/h3-5,8,12H,6-7H2,1-2H3,(H,18,19)/t8-,12?/m1/s1. The molecule has 1 N–H and O–H groups in total. The highest BCUT2D eigenvalue weighted by Gasteiger charge is 2.33. The molecule has 1 fully saturated rings. The van der Waals surface area contributed by atoms with E-state index in [9.17, 15) is 9.59 Å². The van der Waals surface area contributed by atoms with Crippen molar-refractivity contribution in [3.8, 4) is 5.75 Å². The zero-order valence-electron chi connectivity index (χ0n) is 11.7. The molecule has 21 heavy (non-hydrogen) atoms. The van der Waals surface area contributed by atoms with Crippen LogP contribution >= 0.6 is 11.6 Å². The highest BCUT2D eigenvalue weighted by atomic mass is 35.5. The van der Waals surface area contributed by atoms with E-state index in [1.807, 2.05) is 0 Å². The molecule has 0 saturated carbocycles. The van der Waals surface area contributed by atoms with Crippen molar-refractivity contribution in [3.05, 3.63) is 28.8 Å². The molecule has 2 atom stereocenters. The smallest absolute Gasteiger partial charge is 0.334 e. The second-order valence-corrected chi connectivity index (χ2v) is 5.24. The molecule has 7 heteroatoms.